The molecule has 0 amide bonds. The van der Waals surface area contributed by atoms with Gasteiger partial charge in [0.2, 0.25) is 0 Å². The van der Waals surface area contributed by atoms with Gasteiger partial charge in [0, 0.05) is 9.40 Å². The molecule has 0 saturated carbocycles. The summed E-state index contributed by atoms with van der Waals surface area (Å²) < 4.78 is 5.39. The van der Waals surface area contributed by atoms with Crippen molar-refractivity contribution in [3.8, 4) is 0 Å². The number of benzene rings is 2. The van der Waals surface area contributed by atoms with Crippen LogP contribution in [0.5, 0.6) is 0 Å². The SMILES string of the molecule is CCCCCCCCc1c2cc(Br)sc2cc2c(CCCCCCCC)c3cc(Br)sc3cc12. The van der Waals surface area contributed by atoms with E-state index in [-0.39, 0.29) is 0 Å². The van der Waals surface area contributed by atoms with Gasteiger partial charge in [-0.25, -0.2) is 0 Å². The van der Waals surface area contributed by atoms with Crippen molar-refractivity contribution in [2.24, 2.45) is 0 Å². The van der Waals surface area contributed by atoms with E-state index < -0.39 is 0 Å². The van der Waals surface area contributed by atoms with E-state index in [0.29, 0.717) is 0 Å². The number of aryl methyl sites for hydroxylation is 2. The molecule has 4 aromatic rings. The van der Waals surface area contributed by atoms with Crippen LogP contribution in [0, 0.1) is 0 Å². The predicted octanol–water partition coefficient (Wildman–Crippen LogP) is 12.6. The van der Waals surface area contributed by atoms with Crippen LogP contribution in [-0.2, 0) is 12.8 Å². The van der Waals surface area contributed by atoms with E-state index in [0.717, 1.165) is 0 Å². The van der Waals surface area contributed by atoms with Crippen LogP contribution in [0.2, 0.25) is 0 Å². The first-order valence-electron chi connectivity index (χ1n) is 13.4. The van der Waals surface area contributed by atoms with Crippen LogP contribution in [0.25, 0.3) is 30.9 Å². The van der Waals surface area contributed by atoms with Crippen molar-refractivity contribution in [2.75, 3.05) is 0 Å². The van der Waals surface area contributed by atoms with Gasteiger partial charge in [0.25, 0.3) is 0 Å². The second-order valence-corrected chi connectivity index (χ2v) is 14.7. The molecule has 0 N–H and O–H groups in total. The first-order chi connectivity index (χ1) is 16.6. The molecule has 0 unspecified atom stereocenters. The molecule has 34 heavy (non-hydrogen) atoms. The third-order valence-corrected chi connectivity index (χ3v) is 10.3. The standard InChI is InChI=1S/C30H38Br2S2/c1-3-5-7-9-11-13-15-21-23-17-28-26(20-30(32)34-28)22(16-14-12-10-8-6-4-2)24(23)18-27-25(21)19-29(31)33-27/h17-20H,3-16H2,1-2H3. The number of hydrogen-bond acceptors (Lipinski definition) is 2. The summed E-state index contributed by atoms with van der Waals surface area (Å²) in [6, 6.07) is 9.74. The Labute approximate surface area is 230 Å². The molecule has 0 atom stereocenters. The van der Waals surface area contributed by atoms with E-state index in [9.17, 15) is 0 Å². The zero-order valence-corrected chi connectivity index (χ0v) is 25.6. The lowest BCUT2D eigenvalue weighted by molar-refractivity contribution is 0.608. The molecule has 0 spiro atoms. The number of fused-ring (bicyclic) bond motifs is 3. The van der Waals surface area contributed by atoms with E-state index in [1.807, 2.05) is 22.7 Å². The van der Waals surface area contributed by atoms with E-state index in [4.69, 9.17) is 0 Å². The van der Waals surface area contributed by atoms with Crippen molar-refractivity contribution in [1.82, 2.24) is 0 Å². The van der Waals surface area contributed by atoms with Crippen molar-refractivity contribution in [2.45, 2.75) is 104 Å². The van der Waals surface area contributed by atoms with Gasteiger partial charge in [0.15, 0.2) is 0 Å². The Morgan fingerprint density at radius 1 is 0.500 bits per heavy atom. The van der Waals surface area contributed by atoms with Crippen molar-refractivity contribution in [3.63, 3.8) is 0 Å². The molecule has 4 rings (SSSR count). The molecular formula is C30H38Br2S2. The fourth-order valence-electron chi connectivity index (χ4n) is 5.34. The van der Waals surface area contributed by atoms with Gasteiger partial charge in [0.05, 0.1) is 7.57 Å². The minimum absolute atomic E-state index is 1.19. The van der Waals surface area contributed by atoms with E-state index in [1.165, 1.54) is 128 Å². The lowest BCUT2D eigenvalue weighted by atomic mass is 9.90. The fraction of sp³-hybridized carbons (Fsp3) is 0.533. The maximum Gasteiger partial charge on any atom is 0.0711 e. The van der Waals surface area contributed by atoms with Crippen LogP contribution in [-0.4, -0.2) is 0 Å². The molecule has 0 saturated heterocycles. The number of thiophene rings is 2. The van der Waals surface area contributed by atoms with Crippen LogP contribution in [0.4, 0.5) is 0 Å². The summed E-state index contributed by atoms with van der Waals surface area (Å²) in [6.07, 6.45) is 18.6. The summed E-state index contributed by atoms with van der Waals surface area (Å²) in [5.41, 5.74) is 3.17. The number of hydrogen-bond donors (Lipinski definition) is 0. The van der Waals surface area contributed by atoms with Crippen LogP contribution in [0.15, 0.2) is 31.8 Å². The fourth-order valence-corrected chi connectivity index (χ4v) is 8.56. The summed E-state index contributed by atoms with van der Waals surface area (Å²) >= 11 is 11.4. The molecule has 2 aromatic carbocycles. The highest BCUT2D eigenvalue weighted by Gasteiger charge is 2.17. The molecule has 0 aliphatic heterocycles. The first-order valence-corrected chi connectivity index (χ1v) is 16.6. The van der Waals surface area contributed by atoms with Crippen LogP contribution >= 0.6 is 54.5 Å². The molecule has 4 heteroatoms. The van der Waals surface area contributed by atoms with Crippen LogP contribution < -0.4 is 0 Å². The molecular weight excluding hydrogens is 584 g/mol. The third-order valence-electron chi connectivity index (χ3n) is 7.16. The largest absolute Gasteiger partial charge is 0.128 e. The topological polar surface area (TPSA) is 0 Å². The van der Waals surface area contributed by atoms with Crippen molar-refractivity contribution < 1.29 is 0 Å². The smallest absolute Gasteiger partial charge is 0.0711 e. The molecule has 2 aromatic heterocycles. The molecule has 184 valence electrons. The summed E-state index contributed by atoms with van der Waals surface area (Å²) in [5, 5.41) is 5.96. The number of unbranched alkanes of at least 4 members (excludes halogenated alkanes) is 10. The molecule has 0 bridgehead atoms. The molecule has 0 radical (unpaired) electrons. The Balaban J connectivity index is 1.70. The molecule has 0 aliphatic carbocycles. The number of halogens is 2. The van der Waals surface area contributed by atoms with Gasteiger partial charge in [0.1, 0.15) is 0 Å². The molecule has 0 nitrogen and oxygen atoms in total. The highest BCUT2D eigenvalue weighted by molar-refractivity contribution is 9.11. The van der Waals surface area contributed by atoms with Crippen molar-refractivity contribution in [3.05, 3.63) is 43.0 Å². The maximum atomic E-state index is 3.79. The summed E-state index contributed by atoms with van der Waals surface area (Å²) in [4.78, 5) is 0. The van der Waals surface area contributed by atoms with Crippen LogP contribution in [0.1, 0.15) is 102 Å². The maximum absolute atomic E-state index is 3.79. The minimum Gasteiger partial charge on any atom is -0.128 e. The quantitative estimate of drug-likeness (QED) is 0.123. The lowest BCUT2D eigenvalue weighted by Crippen LogP contribution is -1.95. The highest BCUT2D eigenvalue weighted by atomic mass is 79.9. The van der Waals surface area contributed by atoms with Gasteiger partial charge in [-0.3, -0.25) is 0 Å². The number of rotatable bonds is 14. The van der Waals surface area contributed by atoms with Crippen molar-refractivity contribution >= 4 is 85.5 Å². The van der Waals surface area contributed by atoms with Crippen molar-refractivity contribution in [1.29, 1.82) is 0 Å². The van der Waals surface area contributed by atoms with Gasteiger partial charge in [-0.1, -0.05) is 78.1 Å². The van der Waals surface area contributed by atoms with Gasteiger partial charge >= 0.3 is 0 Å². The summed E-state index contributed by atoms with van der Waals surface area (Å²) in [5.74, 6) is 0. The average molecular weight is 623 g/mol. The Morgan fingerprint density at radius 2 is 0.882 bits per heavy atom. The minimum atomic E-state index is 1.19. The Morgan fingerprint density at radius 3 is 1.29 bits per heavy atom. The van der Waals surface area contributed by atoms with E-state index in [2.05, 4.69) is 70.0 Å². The van der Waals surface area contributed by atoms with Gasteiger partial charge in [-0.15, -0.1) is 22.7 Å². The Kier molecular flexibility index (Phi) is 10.4. The molecule has 0 aliphatic rings. The second kappa shape index (κ2) is 13.2. The lowest BCUT2D eigenvalue weighted by Gasteiger charge is -2.14. The Hall–Kier alpha value is -0.420. The van der Waals surface area contributed by atoms with Crippen LogP contribution in [0.3, 0.4) is 0 Å². The molecule has 2 heterocycles. The summed E-state index contributed by atoms with van der Waals surface area (Å²) in [6.45, 7) is 4.60. The van der Waals surface area contributed by atoms with Gasteiger partial charge in [-0.05, 0) is 114 Å². The zero-order valence-electron chi connectivity index (χ0n) is 20.8. The predicted molar refractivity (Wildman–Crippen MR) is 164 cm³/mol. The summed E-state index contributed by atoms with van der Waals surface area (Å²) in [7, 11) is 0. The first kappa shape index (κ1) is 26.6. The average Bonchev–Trinajstić information content (AvgIpc) is 3.38. The normalized spacial score (nSPS) is 12.0. The van der Waals surface area contributed by atoms with E-state index in [1.54, 1.807) is 11.1 Å². The Bertz CT molecular complexity index is 1120. The zero-order chi connectivity index (χ0) is 23.9. The monoisotopic (exact) mass is 620 g/mol. The van der Waals surface area contributed by atoms with E-state index >= 15 is 0 Å². The van der Waals surface area contributed by atoms with Gasteiger partial charge < -0.3 is 0 Å². The third kappa shape index (κ3) is 6.47. The highest BCUT2D eigenvalue weighted by Crippen LogP contribution is 2.43. The second-order valence-electron chi connectivity index (χ2n) is 9.77. The molecule has 0 fully saturated rings. The van der Waals surface area contributed by atoms with Gasteiger partial charge in [-0.2, -0.15) is 0 Å².